The molecule has 2 unspecified atom stereocenters. The van der Waals surface area contributed by atoms with E-state index in [-0.39, 0.29) is 136 Å². The number of hydrogen-bond acceptors (Lipinski definition) is 20. The molecule has 12 N–H and O–H groups in total. The smallest absolute Gasteiger partial charge is 0.407 e. The summed E-state index contributed by atoms with van der Waals surface area (Å²) in [6, 6.07) is 24.2. The van der Waals surface area contributed by atoms with Crippen molar-refractivity contribution in [2.75, 3.05) is 78.7 Å². The SMILES string of the molecule is NC(CCCCNC(=O)OCC1c2ccccc2-c2ccccc21)C(=O)NCCOCCNC(=O)C1CCCN(C(=O)c2cccc(=O)n2O)CCCNC(=O)c2ccc(n(O)c2=O)C(=O)NCCNC(=O)c2ccc(c(=O)n2O)C(=O)CCCCN1C(=O)c1cccc(=O)n1O. The molecule has 32 nitrogen and oxygen atoms in total. The Hall–Kier alpha value is -11.4. The molecule has 0 saturated carbocycles. The van der Waals surface area contributed by atoms with Crippen molar-refractivity contribution >= 4 is 53.2 Å². The van der Waals surface area contributed by atoms with Crippen LogP contribution < -0.4 is 59.9 Å². The molecule has 0 radical (unpaired) electrons. The minimum Gasteiger partial charge on any atom is -0.449 e. The zero-order valence-corrected chi connectivity index (χ0v) is 52.6. The second-order valence-corrected chi connectivity index (χ2v) is 22.6. The maximum Gasteiger partial charge on any atom is 0.407 e. The van der Waals surface area contributed by atoms with Crippen molar-refractivity contribution < 1.29 is 73.5 Å². The number of nitrogens with one attached hydrogen (secondary N) is 6. The van der Waals surface area contributed by atoms with Crippen LogP contribution in [0, 0.1) is 0 Å². The monoisotopic (exact) mass is 1340 g/mol. The summed E-state index contributed by atoms with van der Waals surface area (Å²) >= 11 is 0. The number of carbonyl (C=O) groups is 9. The lowest BCUT2D eigenvalue weighted by Crippen LogP contribution is -2.51. The summed E-state index contributed by atoms with van der Waals surface area (Å²) in [5.74, 6) is -7.13. The Labute approximate surface area is 552 Å². The number of nitrogens with two attached hydrogens (primary N) is 1. The fourth-order valence-corrected chi connectivity index (χ4v) is 11.1. The van der Waals surface area contributed by atoms with Crippen LogP contribution >= 0.6 is 0 Å². The van der Waals surface area contributed by atoms with Gasteiger partial charge in [-0.3, -0.25) is 57.5 Å². The van der Waals surface area contributed by atoms with Crippen LogP contribution in [0.2, 0.25) is 0 Å². The number of ketones is 1. The van der Waals surface area contributed by atoms with E-state index in [2.05, 4.69) is 31.9 Å². The van der Waals surface area contributed by atoms with E-state index < -0.39 is 121 Å². The van der Waals surface area contributed by atoms with E-state index in [9.17, 15) is 83.2 Å². The highest BCUT2D eigenvalue weighted by Crippen LogP contribution is 2.44. The van der Waals surface area contributed by atoms with Gasteiger partial charge in [-0.05, 0) is 110 Å². The highest BCUT2D eigenvalue weighted by molar-refractivity contribution is 5.99. The lowest BCUT2D eigenvalue weighted by atomic mass is 9.98. The Morgan fingerprint density at radius 2 is 1.09 bits per heavy atom. The molecule has 4 bridgehead atoms. The molecule has 0 fully saturated rings. The van der Waals surface area contributed by atoms with Gasteiger partial charge in [-0.15, -0.1) is 18.9 Å². The maximum absolute atomic E-state index is 14.6. The van der Waals surface area contributed by atoms with Crippen LogP contribution in [-0.2, 0) is 19.1 Å². The largest absolute Gasteiger partial charge is 0.449 e. The third kappa shape index (κ3) is 18.1. The highest BCUT2D eigenvalue weighted by Gasteiger charge is 2.34. The summed E-state index contributed by atoms with van der Waals surface area (Å²) in [5.41, 5.74) is 2.61. The van der Waals surface area contributed by atoms with Crippen molar-refractivity contribution in [1.82, 2.24) is 60.6 Å². The Morgan fingerprint density at radius 3 is 1.72 bits per heavy atom. The van der Waals surface area contributed by atoms with Crippen LogP contribution in [0.1, 0.15) is 138 Å². The fourth-order valence-electron chi connectivity index (χ4n) is 11.1. The first kappa shape index (κ1) is 71.4. The van der Waals surface area contributed by atoms with E-state index in [1.165, 1.54) is 17.0 Å². The molecule has 3 aliphatic heterocycles. The quantitative estimate of drug-likeness (QED) is 0.0441. The molecule has 1 aliphatic carbocycles. The van der Waals surface area contributed by atoms with E-state index >= 15 is 0 Å². The molecule has 0 spiro atoms. The van der Waals surface area contributed by atoms with Crippen molar-refractivity contribution in [2.24, 2.45) is 5.73 Å². The second kappa shape index (κ2) is 34.1. The third-order valence-electron chi connectivity index (χ3n) is 16.2. The second-order valence-electron chi connectivity index (χ2n) is 22.6. The third-order valence-corrected chi connectivity index (χ3v) is 16.2. The van der Waals surface area contributed by atoms with Gasteiger partial charge in [-0.25, -0.2) is 4.79 Å². The summed E-state index contributed by atoms with van der Waals surface area (Å²) in [7, 11) is 0. The van der Waals surface area contributed by atoms with Gasteiger partial charge in [-0.2, -0.15) is 0 Å². The lowest BCUT2D eigenvalue weighted by Gasteiger charge is -2.32. The van der Waals surface area contributed by atoms with Crippen LogP contribution in [0.5, 0.6) is 0 Å². The van der Waals surface area contributed by atoms with Crippen molar-refractivity contribution in [3.63, 3.8) is 0 Å². The number of alkyl carbamates (subject to hydrolysis) is 1. The number of rotatable bonds is 17. The summed E-state index contributed by atoms with van der Waals surface area (Å²) < 4.78 is 11.3. The fraction of sp³-hybridized carbons (Fsp3) is 0.369. The van der Waals surface area contributed by atoms with E-state index in [0.29, 0.717) is 25.8 Å². The van der Waals surface area contributed by atoms with Crippen molar-refractivity contribution in [1.29, 1.82) is 0 Å². The van der Waals surface area contributed by atoms with Crippen LogP contribution in [0.25, 0.3) is 11.1 Å². The highest BCUT2D eigenvalue weighted by atomic mass is 16.5. The summed E-state index contributed by atoms with van der Waals surface area (Å²) in [6.45, 7) is -1.61. The number of pyridine rings is 4. The topological polar surface area (TPSA) is 446 Å². The molecule has 97 heavy (non-hydrogen) atoms. The van der Waals surface area contributed by atoms with Gasteiger partial charge in [0, 0.05) is 83.4 Å². The van der Waals surface area contributed by atoms with Gasteiger partial charge in [0.05, 0.1) is 24.8 Å². The molecule has 8 amide bonds. The predicted octanol–water partition coefficient (Wildman–Crippen LogP) is 0.648. The number of unbranched alkanes of at least 4 members (excludes halogenated alkanes) is 1. The molecule has 2 aromatic carbocycles. The molecular weight excluding hydrogens is 1270 g/mol. The van der Waals surface area contributed by atoms with Gasteiger partial charge in [0.1, 0.15) is 41.0 Å². The Balaban J connectivity index is 0.916. The summed E-state index contributed by atoms with van der Waals surface area (Å²) in [4.78, 5) is 176. The number of fused-ring (bicyclic) bond motifs is 5. The Kier molecular flexibility index (Phi) is 25.1. The number of benzene rings is 2. The number of ether oxygens (including phenoxy) is 2. The lowest BCUT2D eigenvalue weighted by molar-refractivity contribution is -0.126. The Bertz CT molecular complexity index is 4120. The van der Waals surface area contributed by atoms with Gasteiger partial charge in [0.25, 0.3) is 51.8 Å². The van der Waals surface area contributed by atoms with Gasteiger partial charge in [-0.1, -0.05) is 60.7 Å². The van der Waals surface area contributed by atoms with Crippen LogP contribution in [0.3, 0.4) is 0 Å². The molecular formula is C65H75N13O19. The molecule has 4 aliphatic rings. The first-order chi connectivity index (χ1) is 46.7. The Morgan fingerprint density at radius 1 is 0.536 bits per heavy atom. The normalized spacial score (nSPS) is 15.6. The minimum absolute atomic E-state index is 0.0204. The van der Waals surface area contributed by atoms with Crippen LogP contribution in [0.15, 0.2) is 128 Å². The van der Waals surface area contributed by atoms with Crippen molar-refractivity contribution in [3.05, 3.63) is 196 Å². The number of amides is 8. The van der Waals surface area contributed by atoms with Crippen LogP contribution in [0.4, 0.5) is 4.79 Å². The predicted molar refractivity (Wildman–Crippen MR) is 343 cm³/mol. The van der Waals surface area contributed by atoms with E-state index in [4.69, 9.17) is 15.2 Å². The van der Waals surface area contributed by atoms with E-state index in [1.807, 2.05) is 48.5 Å². The molecule has 2 atom stereocenters. The average molecular weight is 1340 g/mol. The number of nitrogens with zero attached hydrogens (tertiary/aromatic N) is 6. The van der Waals surface area contributed by atoms with Gasteiger partial charge in [0.15, 0.2) is 5.78 Å². The van der Waals surface area contributed by atoms with Crippen LogP contribution in [-0.4, -0.2) is 194 Å². The summed E-state index contributed by atoms with van der Waals surface area (Å²) in [5, 5.41) is 58.2. The molecule has 0 saturated heterocycles. The minimum atomic E-state index is -1.51. The molecule has 10 rings (SSSR count). The standard InChI is InChI=1S/C65H75N13O19/c66-47(17-5-7-28-72-65(91)97-39-46-42-15-3-1-13-40(42)41-14-2-4-16-43(41)46)57(83)70-32-37-96-38-33-71-58(84)48-20-11-34-73(63(89)51-18-9-22-54(80)75(51)92)35-12-29-67-56(82)45-25-27-50(78(95)62(45)88)60(86)69-31-30-68-59(85)49-26-24-44(61(87)77(49)94)53(79)21-6-8-36-74(48)64(90)52-19-10-23-55(81)76(52)93/h1-4,9-10,13-16,18-19,22-27,46-48,92-95H,5-8,11-12,17,20-21,28-39,66H2,(H,67,82)(H,68,85)(H,69,86)(H,70,83)(H,71,84)(H,72,91). The molecule has 514 valence electrons. The number of carbonyl (C=O) groups excluding carboxylic acids is 9. The zero-order valence-electron chi connectivity index (χ0n) is 52.6. The van der Waals surface area contributed by atoms with Crippen molar-refractivity contribution in [3.8, 4) is 11.1 Å². The molecule has 4 aromatic heterocycles. The average Bonchev–Trinajstić information content (AvgIpc) is 1.73. The van der Waals surface area contributed by atoms with Gasteiger partial charge in [0.2, 0.25) is 11.8 Å². The molecule has 32 heteroatoms. The van der Waals surface area contributed by atoms with E-state index in [1.54, 1.807) is 0 Å². The first-order valence-corrected chi connectivity index (χ1v) is 31.4. The first-order valence-electron chi connectivity index (χ1n) is 31.4. The van der Waals surface area contributed by atoms with E-state index in [0.717, 1.165) is 75.7 Å². The number of Topliss-reactive ketones (excluding diaryl/α,β-unsaturated/α-hetero) is 1. The zero-order chi connectivity index (χ0) is 69.7. The van der Waals surface area contributed by atoms with Crippen molar-refractivity contribution in [2.45, 2.75) is 75.8 Å². The molecule has 6 aromatic rings. The number of aromatic nitrogens is 4. The number of hydrogen-bond donors (Lipinski definition) is 11. The maximum atomic E-state index is 14.6. The molecule has 7 heterocycles. The van der Waals surface area contributed by atoms with Gasteiger partial charge >= 0.3 is 6.09 Å². The summed E-state index contributed by atoms with van der Waals surface area (Å²) in [6.07, 6.45) is -0.272. The van der Waals surface area contributed by atoms with Gasteiger partial charge < -0.3 is 77.7 Å².